The molecule has 0 radical (unpaired) electrons. The second-order valence-corrected chi connectivity index (χ2v) is 3.36. The lowest BCUT2D eigenvalue weighted by Crippen LogP contribution is -2.32. The van der Waals surface area contributed by atoms with Crippen molar-refractivity contribution in [1.82, 2.24) is 4.90 Å². The van der Waals surface area contributed by atoms with E-state index in [4.69, 9.17) is 10.00 Å². The normalized spacial score (nSPS) is 18.4. The molecule has 1 aliphatic rings. The summed E-state index contributed by atoms with van der Waals surface area (Å²) in [5.41, 5.74) is 0. The Labute approximate surface area is 73.9 Å². The predicted octanol–water partition coefficient (Wildman–Crippen LogP) is 1.21. The van der Waals surface area contributed by atoms with Crippen LogP contribution in [0.5, 0.6) is 0 Å². The van der Waals surface area contributed by atoms with Gasteiger partial charge in [0, 0.05) is 13.2 Å². The van der Waals surface area contributed by atoms with Crippen LogP contribution in [0.1, 0.15) is 19.8 Å². The highest BCUT2D eigenvalue weighted by molar-refractivity contribution is 4.90. The van der Waals surface area contributed by atoms with Gasteiger partial charge in [-0.1, -0.05) is 0 Å². The molecule has 1 unspecified atom stereocenters. The Balaban J connectivity index is 2.28. The number of nitrogens with zero attached hydrogens (tertiary/aromatic N) is 2. The van der Waals surface area contributed by atoms with Crippen LogP contribution in [0.2, 0.25) is 0 Å². The van der Waals surface area contributed by atoms with Gasteiger partial charge in [0.1, 0.15) is 0 Å². The van der Waals surface area contributed by atoms with Gasteiger partial charge in [-0.25, -0.2) is 0 Å². The maximum atomic E-state index is 8.82. The topological polar surface area (TPSA) is 36.3 Å². The maximum absolute atomic E-state index is 8.82. The number of ether oxygens (including phenoxy) is 1. The van der Waals surface area contributed by atoms with Gasteiger partial charge in [-0.05, 0) is 25.7 Å². The summed E-state index contributed by atoms with van der Waals surface area (Å²) in [5, 5.41) is 8.82. The number of hydrogen-bond donors (Lipinski definition) is 0. The van der Waals surface area contributed by atoms with Crippen LogP contribution in [0.15, 0.2) is 0 Å². The Hall–Kier alpha value is -0.750. The quantitative estimate of drug-likeness (QED) is 0.457. The zero-order chi connectivity index (χ0) is 8.97. The van der Waals surface area contributed by atoms with Gasteiger partial charge < -0.3 is 9.64 Å². The molecule has 0 spiro atoms. The van der Waals surface area contributed by atoms with Crippen LogP contribution < -0.4 is 0 Å². The lowest BCUT2D eigenvalue weighted by Gasteiger charge is -2.22. The Morgan fingerprint density at radius 3 is 2.75 bits per heavy atom. The summed E-state index contributed by atoms with van der Waals surface area (Å²) in [5.74, 6) is 0.751. The van der Waals surface area contributed by atoms with E-state index in [1.54, 1.807) is 7.11 Å². The van der Waals surface area contributed by atoms with Crippen LogP contribution >= 0.6 is 0 Å². The number of hydrogen-bond acceptors (Lipinski definition) is 3. The van der Waals surface area contributed by atoms with Crippen molar-refractivity contribution in [2.24, 2.45) is 5.92 Å². The summed E-state index contributed by atoms with van der Waals surface area (Å²) >= 11 is 0. The predicted molar refractivity (Wildman–Crippen MR) is 46.4 cm³/mol. The number of nitriles is 1. The van der Waals surface area contributed by atoms with Crippen LogP contribution in [-0.4, -0.2) is 31.2 Å². The fourth-order valence-electron chi connectivity index (χ4n) is 1.37. The minimum Gasteiger partial charge on any atom is -0.383 e. The first kappa shape index (κ1) is 9.34. The second-order valence-electron chi connectivity index (χ2n) is 3.36. The van der Waals surface area contributed by atoms with Crippen LogP contribution in [-0.2, 0) is 4.74 Å². The van der Waals surface area contributed by atoms with Gasteiger partial charge in [0.05, 0.1) is 13.2 Å². The first-order valence-corrected chi connectivity index (χ1v) is 4.45. The summed E-state index contributed by atoms with van der Waals surface area (Å²) < 4.78 is 4.93. The minimum atomic E-state index is 0.408. The molecule has 0 bridgehead atoms. The molecule has 0 saturated heterocycles. The average molecular weight is 168 g/mol. The van der Waals surface area contributed by atoms with Crippen molar-refractivity contribution in [2.75, 3.05) is 20.3 Å². The lowest BCUT2D eigenvalue weighted by atomic mass is 10.2. The molecule has 1 aliphatic carbocycles. The second kappa shape index (κ2) is 4.32. The Morgan fingerprint density at radius 2 is 2.33 bits per heavy atom. The van der Waals surface area contributed by atoms with E-state index in [1.165, 1.54) is 12.8 Å². The van der Waals surface area contributed by atoms with Crippen molar-refractivity contribution in [1.29, 1.82) is 5.26 Å². The Kier molecular flexibility index (Phi) is 3.36. The zero-order valence-corrected chi connectivity index (χ0v) is 7.79. The summed E-state index contributed by atoms with van der Waals surface area (Å²) in [4.78, 5) is 1.82. The molecule has 0 aliphatic heterocycles. The number of rotatable bonds is 5. The Morgan fingerprint density at radius 1 is 1.67 bits per heavy atom. The molecular weight excluding hydrogens is 152 g/mol. The number of methoxy groups -OCH3 is 1. The van der Waals surface area contributed by atoms with E-state index in [2.05, 4.69) is 13.1 Å². The van der Waals surface area contributed by atoms with E-state index in [0.717, 1.165) is 12.5 Å². The molecule has 0 N–H and O–H groups in total. The van der Waals surface area contributed by atoms with Crippen molar-refractivity contribution in [3.8, 4) is 6.19 Å². The molecule has 0 amide bonds. The average Bonchev–Trinajstić information content (AvgIpc) is 2.88. The molecule has 0 aromatic heterocycles. The molecule has 0 heterocycles. The van der Waals surface area contributed by atoms with E-state index < -0.39 is 0 Å². The van der Waals surface area contributed by atoms with E-state index >= 15 is 0 Å². The first-order valence-electron chi connectivity index (χ1n) is 4.45. The summed E-state index contributed by atoms with van der Waals surface area (Å²) in [6.45, 7) is 3.49. The SMILES string of the molecule is COCCN(C#N)C(C)C1CC1. The zero-order valence-electron chi connectivity index (χ0n) is 7.79. The van der Waals surface area contributed by atoms with Crippen molar-refractivity contribution >= 4 is 0 Å². The van der Waals surface area contributed by atoms with E-state index in [9.17, 15) is 0 Å². The van der Waals surface area contributed by atoms with E-state index in [-0.39, 0.29) is 0 Å². The largest absolute Gasteiger partial charge is 0.383 e. The molecule has 1 atom stereocenters. The van der Waals surface area contributed by atoms with Gasteiger partial charge in [-0.15, -0.1) is 0 Å². The van der Waals surface area contributed by atoms with Crippen LogP contribution in [0.3, 0.4) is 0 Å². The first-order chi connectivity index (χ1) is 5.79. The van der Waals surface area contributed by atoms with Gasteiger partial charge >= 0.3 is 0 Å². The molecule has 12 heavy (non-hydrogen) atoms. The van der Waals surface area contributed by atoms with Crippen LogP contribution in [0.25, 0.3) is 0 Å². The monoisotopic (exact) mass is 168 g/mol. The molecule has 0 aromatic carbocycles. The molecule has 1 saturated carbocycles. The third-order valence-corrected chi connectivity index (χ3v) is 2.46. The molecule has 1 rings (SSSR count). The Bertz CT molecular complexity index is 172. The van der Waals surface area contributed by atoms with Crippen molar-refractivity contribution in [3.63, 3.8) is 0 Å². The molecule has 3 heteroatoms. The van der Waals surface area contributed by atoms with Crippen molar-refractivity contribution in [2.45, 2.75) is 25.8 Å². The van der Waals surface area contributed by atoms with Gasteiger partial charge in [-0.3, -0.25) is 0 Å². The van der Waals surface area contributed by atoms with Crippen molar-refractivity contribution in [3.05, 3.63) is 0 Å². The summed E-state index contributed by atoms with van der Waals surface area (Å²) in [6, 6.07) is 0.408. The highest BCUT2D eigenvalue weighted by Gasteiger charge is 2.31. The fraction of sp³-hybridized carbons (Fsp3) is 0.889. The lowest BCUT2D eigenvalue weighted by molar-refractivity contribution is 0.153. The summed E-state index contributed by atoms with van der Waals surface area (Å²) in [7, 11) is 1.66. The summed E-state index contributed by atoms with van der Waals surface area (Å²) in [6.07, 6.45) is 4.78. The molecule has 0 aromatic rings. The minimum absolute atomic E-state index is 0.408. The van der Waals surface area contributed by atoms with Crippen LogP contribution in [0, 0.1) is 17.4 Å². The van der Waals surface area contributed by atoms with Gasteiger partial charge in [-0.2, -0.15) is 5.26 Å². The highest BCUT2D eigenvalue weighted by Crippen LogP contribution is 2.34. The third-order valence-electron chi connectivity index (χ3n) is 2.46. The standard InChI is InChI=1S/C9H16N2O/c1-8(9-3-4-9)11(7-10)5-6-12-2/h8-9H,3-6H2,1-2H3. The third kappa shape index (κ3) is 2.38. The van der Waals surface area contributed by atoms with Gasteiger partial charge in [0.25, 0.3) is 0 Å². The molecule has 68 valence electrons. The van der Waals surface area contributed by atoms with Gasteiger partial charge in [0.15, 0.2) is 6.19 Å². The van der Waals surface area contributed by atoms with E-state index in [1.807, 2.05) is 4.90 Å². The highest BCUT2D eigenvalue weighted by atomic mass is 16.5. The smallest absolute Gasteiger partial charge is 0.179 e. The van der Waals surface area contributed by atoms with Crippen molar-refractivity contribution < 1.29 is 4.74 Å². The fourth-order valence-corrected chi connectivity index (χ4v) is 1.37. The van der Waals surface area contributed by atoms with E-state index in [0.29, 0.717) is 12.6 Å². The van der Waals surface area contributed by atoms with Crippen LogP contribution in [0.4, 0.5) is 0 Å². The molecule has 1 fully saturated rings. The molecule has 3 nitrogen and oxygen atoms in total. The van der Waals surface area contributed by atoms with Gasteiger partial charge in [0.2, 0.25) is 0 Å². The molecular formula is C9H16N2O. The maximum Gasteiger partial charge on any atom is 0.179 e.